The molecule has 0 aliphatic carbocycles. The van der Waals surface area contributed by atoms with Crippen molar-refractivity contribution in [2.45, 2.75) is 58.3 Å². The Morgan fingerprint density at radius 3 is 2.48 bits per heavy atom. The molecule has 0 aromatic heterocycles. The summed E-state index contributed by atoms with van der Waals surface area (Å²) in [5, 5.41) is 6.56. The number of nitrogens with one attached hydrogen (secondary N) is 1. The van der Waals surface area contributed by atoms with Gasteiger partial charge in [-0.3, -0.25) is 4.79 Å². The maximum atomic E-state index is 13.3. The quantitative estimate of drug-likeness (QED) is 0.522. The van der Waals surface area contributed by atoms with Crippen molar-refractivity contribution in [1.29, 1.82) is 0 Å². The van der Waals surface area contributed by atoms with Crippen LogP contribution in [0.4, 0.5) is 0 Å². The Morgan fingerprint density at radius 2 is 1.79 bits per heavy atom. The molecule has 0 saturated carbocycles. The summed E-state index contributed by atoms with van der Waals surface area (Å²) in [4.78, 5) is 26.0. The largest absolute Gasteiger partial charge is 0.428 e. The highest BCUT2D eigenvalue weighted by Crippen LogP contribution is 2.29. The molecule has 1 amide bonds. The highest BCUT2D eigenvalue weighted by molar-refractivity contribution is 6.85. The number of carbonyl (C=O) groups excluding carboxylic acids is 1. The Labute approximate surface area is 198 Å². The monoisotopic (exact) mass is 460 g/mol. The molecule has 4 nitrogen and oxygen atoms in total. The van der Waals surface area contributed by atoms with Crippen molar-refractivity contribution >= 4 is 30.2 Å². The van der Waals surface area contributed by atoms with Gasteiger partial charge in [0.05, 0.1) is 0 Å². The second-order valence-electron chi connectivity index (χ2n) is 10.1. The lowest BCUT2D eigenvalue weighted by molar-refractivity contribution is 0.0713. The van der Waals surface area contributed by atoms with Crippen molar-refractivity contribution in [3.8, 4) is 0 Å². The van der Waals surface area contributed by atoms with Gasteiger partial charge >= 0.3 is 0 Å². The van der Waals surface area contributed by atoms with Crippen LogP contribution in [0.3, 0.4) is 0 Å². The first kappa shape index (κ1) is 23.7. The molecule has 174 valence electrons. The number of carbonyl (C=O) groups is 1. The van der Waals surface area contributed by atoms with Crippen molar-refractivity contribution in [3.63, 3.8) is 0 Å². The molecule has 5 heteroatoms. The molecule has 2 N–H and O–H groups in total. The third-order valence-electron chi connectivity index (χ3n) is 6.71. The molecule has 0 unspecified atom stereocenters. The molecule has 1 aliphatic rings. The Hall–Kier alpha value is -2.47. The van der Waals surface area contributed by atoms with Crippen LogP contribution in [0.2, 0.25) is 13.1 Å². The molecule has 1 fully saturated rings. The van der Waals surface area contributed by atoms with E-state index >= 15 is 0 Å². The molecule has 1 saturated heterocycles. The lowest BCUT2D eigenvalue weighted by Gasteiger charge is -2.32. The molecule has 0 spiro atoms. The number of rotatable bonds is 6. The van der Waals surface area contributed by atoms with Crippen LogP contribution in [-0.2, 0) is 6.54 Å². The van der Waals surface area contributed by atoms with Gasteiger partial charge in [0.2, 0.25) is 8.32 Å². The molecule has 1 heterocycles. The topological polar surface area (TPSA) is 52.6 Å². The molecule has 3 aromatic carbocycles. The van der Waals surface area contributed by atoms with Crippen molar-refractivity contribution in [2.24, 2.45) is 0 Å². The zero-order valence-corrected chi connectivity index (χ0v) is 21.3. The summed E-state index contributed by atoms with van der Waals surface area (Å²) in [6.07, 6.45) is 1.98. The highest BCUT2D eigenvalue weighted by atomic mass is 28.4. The van der Waals surface area contributed by atoms with Gasteiger partial charge in [0.15, 0.2) is 0 Å². The highest BCUT2D eigenvalue weighted by Gasteiger charge is 2.26. The number of nitrogens with zero attached hydrogens (tertiary/aromatic N) is 1. The number of piperidine rings is 1. The summed E-state index contributed by atoms with van der Waals surface area (Å²) in [5.41, 5.74) is 3.42. The van der Waals surface area contributed by atoms with Gasteiger partial charge in [-0.2, -0.15) is 0 Å². The third-order valence-corrected chi connectivity index (χ3v) is 8.46. The van der Waals surface area contributed by atoms with Crippen LogP contribution < -0.4 is 10.5 Å². The van der Waals surface area contributed by atoms with Gasteiger partial charge in [-0.1, -0.05) is 62.4 Å². The molecular formula is C28H36N2O2Si. The van der Waals surface area contributed by atoms with Crippen LogP contribution >= 0.6 is 0 Å². The summed E-state index contributed by atoms with van der Waals surface area (Å²) in [6.45, 7) is 10.6. The van der Waals surface area contributed by atoms with E-state index in [9.17, 15) is 9.59 Å². The second kappa shape index (κ2) is 9.80. The Bertz CT molecular complexity index is 1130. The predicted molar refractivity (Wildman–Crippen MR) is 140 cm³/mol. The van der Waals surface area contributed by atoms with Gasteiger partial charge in [-0.25, -0.2) is 0 Å². The van der Waals surface area contributed by atoms with Crippen molar-refractivity contribution in [2.75, 3.05) is 13.1 Å². The molecule has 4 rings (SSSR count). The maximum absolute atomic E-state index is 13.3. The summed E-state index contributed by atoms with van der Waals surface area (Å²) in [6, 6.07) is 21.3. The summed E-state index contributed by atoms with van der Waals surface area (Å²) in [5.74, 6) is 0.592. The average molecular weight is 461 g/mol. The number of amides is 1. The van der Waals surface area contributed by atoms with Crippen LogP contribution in [0.25, 0.3) is 10.8 Å². The molecule has 0 atom stereocenters. The summed E-state index contributed by atoms with van der Waals surface area (Å²) < 4.78 is 0. The normalized spacial score (nSPS) is 15.4. The Balaban J connectivity index is 1.46. The smallest absolute Gasteiger partial charge is 0.253 e. The SMILES string of the molecule is CC(C)NCc1cccc(C2CCN(C(=O)c3ccc4cccc([Si](C)(C)O)c4c3)CC2)c1. The van der Waals surface area contributed by atoms with Gasteiger partial charge < -0.3 is 15.0 Å². The van der Waals surface area contributed by atoms with E-state index in [0.717, 1.165) is 48.4 Å². The first-order chi connectivity index (χ1) is 15.7. The molecular weight excluding hydrogens is 424 g/mol. The maximum Gasteiger partial charge on any atom is 0.253 e. The van der Waals surface area contributed by atoms with Crippen LogP contribution in [-0.4, -0.2) is 43.1 Å². The van der Waals surface area contributed by atoms with E-state index in [4.69, 9.17) is 0 Å². The first-order valence-corrected chi connectivity index (χ1v) is 15.0. The zero-order valence-electron chi connectivity index (χ0n) is 20.3. The van der Waals surface area contributed by atoms with E-state index in [1.54, 1.807) is 0 Å². The Morgan fingerprint density at radius 1 is 1.06 bits per heavy atom. The fourth-order valence-corrected chi connectivity index (χ4v) is 6.20. The van der Waals surface area contributed by atoms with Crippen molar-refractivity contribution in [1.82, 2.24) is 10.2 Å². The van der Waals surface area contributed by atoms with Crippen LogP contribution in [0.5, 0.6) is 0 Å². The van der Waals surface area contributed by atoms with E-state index < -0.39 is 8.32 Å². The number of fused-ring (bicyclic) bond motifs is 1. The third kappa shape index (κ3) is 5.54. The van der Waals surface area contributed by atoms with Gasteiger partial charge in [0.1, 0.15) is 0 Å². The molecule has 33 heavy (non-hydrogen) atoms. The fraction of sp³-hybridized carbons (Fsp3) is 0.393. The second-order valence-corrected chi connectivity index (χ2v) is 13.8. The van der Waals surface area contributed by atoms with E-state index in [-0.39, 0.29) is 5.91 Å². The first-order valence-electron chi connectivity index (χ1n) is 12.1. The van der Waals surface area contributed by atoms with Gasteiger partial charge in [0.25, 0.3) is 5.91 Å². The van der Waals surface area contributed by atoms with E-state index in [1.165, 1.54) is 11.1 Å². The Kier molecular flexibility index (Phi) is 7.03. The molecule has 1 aliphatic heterocycles. The van der Waals surface area contributed by atoms with Gasteiger partial charge in [-0.15, -0.1) is 0 Å². The van der Waals surface area contributed by atoms with Gasteiger partial charge in [0, 0.05) is 31.2 Å². The van der Waals surface area contributed by atoms with Crippen LogP contribution in [0, 0.1) is 0 Å². The summed E-state index contributed by atoms with van der Waals surface area (Å²) >= 11 is 0. The van der Waals surface area contributed by atoms with Crippen molar-refractivity contribution < 1.29 is 9.59 Å². The molecule has 3 aromatic rings. The predicted octanol–water partition coefficient (Wildman–Crippen LogP) is 4.76. The van der Waals surface area contributed by atoms with Gasteiger partial charge in [-0.05, 0) is 71.1 Å². The lowest BCUT2D eigenvalue weighted by Crippen LogP contribution is -2.42. The molecule has 0 bridgehead atoms. The number of likely N-dealkylation sites (tertiary alicyclic amines) is 1. The van der Waals surface area contributed by atoms with E-state index in [1.807, 2.05) is 54.4 Å². The fourth-order valence-electron chi connectivity index (χ4n) is 4.82. The van der Waals surface area contributed by atoms with E-state index in [2.05, 4.69) is 43.4 Å². The number of hydrogen-bond donors (Lipinski definition) is 2. The lowest BCUT2D eigenvalue weighted by atomic mass is 9.88. The minimum atomic E-state index is -2.49. The minimum Gasteiger partial charge on any atom is -0.428 e. The van der Waals surface area contributed by atoms with E-state index in [0.29, 0.717) is 17.5 Å². The standard InChI is InChI=1S/C28H36N2O2Si/c1-20(2)29-19-21-7-5-9-24(17-21)22-13-15-30(16-14-22)28(31)25-12-11-23-8-6-10-27(26(23)18-25)33(3,4)32/h5-12,17-18,20,22,29,32H,13-16,19H2,1-4H3. The summed E-state index contributed by atoms with van der Waals surface area (Å²) in [7, 11) is -2.49. The van der Waals surface area contributed by atoms with Crippen LogP contribution in [0.15, 0.2) is 60.7 Å². The zero-order chi connectivity index (χ0) is 23.6. The molecule has 0 radical (unpaired) electrons. The average Bonchev–Trinajstić information content (AvgIpc) is 2.81. The minimum absolute atomic E-state index is 0.0949. The van der Waals surface area contributed by atoms with Crippen molar-refractivity contribution in [3.05, 3.63) is 77.4 Å². The van der Waals surface area contributed by atoms with Crippen LogP contribution in [0.1, 0.15) is 54.1 Å². The number of hydrogen-bond acceptors (Lipinski definition) is 3. The number of benzene rings is 3.